The van der Waals surface area contributed by atoms with Crippen LogP contribution in [0.2, 0.25) is 0 Å². The number of nitrogens with one attached hydrogen (secondary N) is 1. The van der Waals surface area contributed by atoms with Gasteiger partial charge in [0.1, 0.15) is 0 Å². The summed E-state index contributed by atoms with van der Waals surface area (Å²) in [5, 5.41) is 2.88. The van der Waals surface area contributed by atoms with Crippen LogP contribution in [0.25, 0.3) is 6.08 Å². The summed E-state index contributed by atoms with van der Waals surface area (Å²) in [4.78, 5) is 17.0. The van der Waals surface area contributed by atoms with E-state index in [-0.39, 0.29) is 5.91 Å². The highest BCUT2D eigenvalue weighted by molar-refractivity contribution is 6.03. The lowest BCUT2D eigenvalue weighted by Crippen LogP contribution is -2.46. The molecule has 1 amide bonds. The van der Waals surface area contributed by atoms with Gasteiger partial charge >= 0.3 is 6.18 Å². The average molecular weight is 403 g/mol. The Kier molecular flexibility index (Phi) is 6.59. The number of para-hydroxylation sites is 2. The number of carbonyl (C=O) groups is 1. The van der Waals surface area contributed by atoms with Crippen LogP contribution in [-0.4, -0.2) is 43.5 Å². The Labute approximate surface area is 168 Å². The summed E-state index contributed by atoms with van der Waals surface area (Å²) in [6.45, 7) is 6.91. The summed E-state index contributed by atoms with van der Waals surface area (Å²) >= 11 is 0. The van der Waals surface area contributed by atoms with Crippen molar-refractivity contribution in [2.45, 2.75) is 13.1 Å². The lowest BCUT2D eigenvalue weighted by Gasteiger charge is -2.36. The van der Waals surface area contributed by atoms with Gasteiger partial charge in [-0.3, -0.25) is 4.79 Å². The molecule has 0 aromatic heterocycles. The third-order valence-electron chi connectivity index (χ3n) is 4.99. The number of piperazine rings is 1. The van der Waals surface area contributed by atoms with Crippen molar-refractivity contribution in [3.8, 4) is 0 Å². The molecule has 1 N–H and O–H groups in total. The zero-order valence-electron chi connectivity index (χ0n) is 16.2. The fraction of sp³-hybridized carbons (Fsp3) is 0.318. The fourth-order valence-corrected chi connectivity index (χ4v) is 3.29. The summed E-state index contributed by atoms with van der Waals surface area (Å²) < 4.78 is 37.9. The second-order valence-corrected chi connectivity index (χ2v) is 6.88. The molecule has 0 unspecified atom stereocenters. The maximum absolute atomic E-state index is 12.6. The highest BCUT2D eigenvalue weighted by Crippen LogP contribution is 2.29. The number of likely N-dealkylation sites (N-methyl/N-ethyl adjacent to an activating group) is 1. The predicted molar refractivity (Wildman–Crippen MR) is 110 cm³/mol. The van der Waals surface area contributed by atoms with E-state index >= 15 is 0 Å². The van der Waals surface area contributed by atoms with Crippen molar-refractivity contribution < 1.29 is 18.0 Å². The van der Waals surface area contributed by atoms with Crippen LogP contribution in [0.15, 0.2) is 54.6 Å². The molecule has 0 aliphatic carbocycles. The molecule has 1 aliphatic heterocycles. The standard InChI is InChI=1S/C22H24F3N3O/c1-2-27-13-15-28(16-14-27)20-6-4-3-5-19(20)26-21(29)12-9-17-7-10-18(11-8-17)22(23,24)25/h3-12H,2,13-16H2,1H3,(H,26,29)/b12-9+. The molecule has 1 saturated heterocycles. The number of halogens is 3. The molecule has 2 aromatic rings. The Morgan fingerprint density at radius 3 is 2.31 bits per heavy atom. The SMILES string of the molecule is CCN1CCN(c2ccccc2NC(=O)/C=C/c2ccc(C(F)(F)F)cc2)CC1. The van der Waals surface area contributed by atoms with E-state index < -0.39 is 11.7 Å². The summed E-state index contributed by atoms with van der Waals surface area (Å²) in [5.74, 6) is -0.329. The van der Waals surface area contributed by atoms with E-state index in [2.05, 4.69) is 22.0 Å². The molecule has 1 fully saturated rings. The van der Waals surface area contributed by atoms with Crippen molar-refractivity contribution in [3.05, 3.63) is 65.7 Å². The molecule has 1 aliphatic rings. The minimum absolute atomic E-state index is 0.329. The van der Waals surface area contributed by atoms with E-state index in [0.29, 0.717) is 5.56 Å². The number of alkyl halides is 3. The molecular formula is C22H24F3N3O. The van der Waals surface area contributed by atoms with Crippen molar-refractivity contribution in [2.75, 3.05) is 42.9 Å². The van der Waals surface area contributed by atoms with Gasteiger partial charge in [-0.25, -0.2) is 0 Å². The second kappa shape index (κ2) is 9.13. The summed E-state index contributed by atoms with van der Waals surface area (Å²) in [6.07, 6.45) is -1.54. The average Bonchev–Trinajstić information content (AvgIpc) is 2.72. The van der Waals surface area contributed by atoms with Gasteiger partial charge in [0, 0.05) is 32.3 Å². The maximum Gasteiger partial charge on any atom is 0.416 e. The smallest absolute Gasteiger partial charge is 0.367 e. The van der Waals surface area contributed by atoms with E-state index in [9.17, 15) is 18.0 Å². The van der Waals surface area contributed by atoms with Crippen LogP contribution >= 0.6 is 0 Å². The molecule has 2 aromatic carbocycles. The van der Waals surface area contributed by atoms with Gasteiger partial charge < -0.3 is 15.1 Å². The molecule has 0 radical (unpaired) electrons. The molecule has 154 valence electrons. The van der Waals surface area contributed by atoms with Gasteiger partial charge in [0.05, 0.1) is 16.9 Å². The van der Waals surface area contributed by atoms with E-state index in [1.165, 1.54) is 24.3 Å². The van der Waals surface area contributed by atoms with Gasteiger partial charge in [-0.1, -0.05) is 31.2 Å². The zero-order chi connectivity index (χ0) is 20.9. The molecule has 0 spiro atoms. The van der Waals surface area contributed by atoms with Gasteiger partial charge in [-0.2, -0.15) is 13.2 Å². The van der Waals surface area contributed by atoms with E-state index in [0.717, 1.165) is 56.2 Å². The first-order chi connectivity index (χ1) is 13.9. The van der Waals surface area contributed by atoms with Crippen LogP contribution in [0.1, 0.15) is 18.1 Å². The number of amides is 1. The number of benzene rings is 2. The Morgan fingerprint density at radius 2 is 1.69 bits per heavy atom. The van der Waals surface area contributed by atoms with Crippen molar-refractivity contribution >= 4 is 23.4 Å². The van der Waals surface area contributed by atoms with Crippen molar-refractivity contribution in [3.63, 3.8) is 0 Å². The van der Waals surface area contributed by atoms with Gasteiger partial charge in [-0.15, -0.1) is 0 Å². The van der Waals surface area contributed by atoms with E-state index in [1.807, 2.05) is 24.3 Å². The molecular weight excluding hydrogens is 379 g/mol. The molecule has 3 rings (SSSR count). The lowest BCUT2D eigenvalue weighted by molar-refractivity contribution is -0.137. The number of anilines is 2. The molecule has 0 saturated carbocycles. The molecule has 0 atom stereocenters. The van der Waals surface area contributed by atoms with Crippen LogP contribution in [0.3, 0.4) is 0 Å². The normalized spacial score (nSPS) is 15.7. The maximum atomic E-state index is 12.6. The Hall–Kier alpha value is -2.80. The Bertz CT molecular complexity index is 854. The van der Waals surface area contributed by atoms with Gasteiger partial charge in [0.15, 0.2) is 0 Å². The zero-order valence-corrected chi connectivity index (χ0v) is 16.2. The quantitative estimate of drug-likeness (QED) is 0.747. The summed E-state index contributed by atoms with van der Waals surface area (Å²) in [6, 6.07) is 12.3. The van der Waals surface area contributed by atoms with Crippen LogP contribution in [-0.2, 0) is 11.0 Å². The highest BCUT2D eigenvalue weighted by atomic mass is 19.4. The van der Waals surface area contributed by atoms with Crippen LogP contribution < -0.4 is 10.2 Å². The second-order valence-electron chi connectivity index (χ2n) is 6.88. The first-order valence-electron chi connectivity index (χ1n) is 9.59. The molecule has 7 heteroatoms. The number of rotatable bonds is 5. The van der Waals surface area contributed by atoms with Gasteiger partial charge in [0.25, 0.3) is 0 Å². The van der Waals surface area contributed by atoms with Crippen LogP contribution in [0.5, 0.6) is 0 Å². The van der Waals surface area contributed by atoms with Crippen LogP contribution in [0.4, 0.5) is 24.5 Å². The first kappa shape index (κ1) is 20.9. The molecule has 4 nitrogen and oxygen atoms in total. The number of nitrogens with zero attached hydrogens (tertiary/aromatic N) is 2. The van der Waals surface area contributed by atoms with Crippen molar-refractivity contribution in [1.29, 1.82) is 0 Å². The lowest BCUT2D eigenvalue weighted by atomic mass is 10.1. The Morgan fingerprint density at radius 1 is 1.03 bits per heavy atom. The minimum Gasteiger partial charge on any atom is -0.367 e. The molecule has 0 bridgehead atoms. The van der Waals surface area contributed by atoms with Crippen molar-refractivity contribution in [2.24, 2.45) is 0 Å². The number of hydrogen-bond donors (Lipinski definition) is 1. The summed E-state index contributed by atoms with van der Waals surface area (Å²) in [7, 11) is 0. The highest BCUT2D eigenvalue weighted by Gasteiger charge is 2.29. The van der Waals surface area contributed by atoms with E-state index in [4.69, 9.17) is 0 Å². The largest absolute Gasteiger partial charge is 0.416 e. The number of carbonyl (C=O) groups excluding carboxylic acids is 1. The molecule has 29 heavy (non-hydrogen) atoms. The van der Waals surface area contributed by atoms with Crippen molar-refractivity contribution in [1.82, 2.24) is 4.90 Å². The van der Waals surface area contributed by atoms with Gasteiger partial charge in [-0.05, 0) is 42.4 Å². The minimum atomic E-state index is -4.37. The predicted octanol–water partition coefficient (Wildman–Crippen LogP) is 4.50. The summed E-state index contributed by atoms with van der Waals surface area (Å²) in [5.41, 5.74) is 1.51. The van der Waals surface area contributed by atoms with Crippen LogP contribution in [0, 0.1) is 0 Å². The third kappa shape index (κ3) is 5.60. The van der Waals surface area contributed by atoms with E-state index in [1.54, 1.807) is 0 Å². The third-order valence-corrected chi connectivity index (χ3v) is 4.99. The Balaban J connectivity index is 1.64. The monoisotopic (exact) mass is 403 g/mol. The van der Waals surface area contributed by atoms with Gasteiger partial charge in [0.2, 0.25) is 5.91 Å². The fourth-order valence-electron chi connectivity index (χ4n) is 3.29. The first-order valence-corrected chi connectivity index (χ1v) is 9.59. The number of hydrogen-bond acceptors (Lipinski definition) is 3. The topological polar surface area (TPSA) is 35.6 Å². The molecule has 1 heterocycles.